The van der Waals surface area contributed by atoms with Crippen molar-refractivity contribution in [2.75, 3.05) is 7.11 Å². The monoisotopic (exact) mass is 202 g/mol. The predicted octanol–water partition coefficient (Wildman–Crippen LogP) is 2.61. The number of aryl methyl sites for hydroxylation is 1. The summed E-state index contributed by atoms with van der Waals surface area (Å²) in [5, 5.41) is 0. The van der Waals surface area contributed by atoms with Crippen molar-refractivity contribution in [2.24, 2.45) is 0 Å². The molecular formula is C13H14O2. The minimum atomic E-state index is 0.166. The van der Waals surface area contributed by atoms with Crippen molar-refractivity contribution < 1.29 is 9.53 Å². The number of carbonyl (C=O) groups is 1. The molecule has 0 amide bonds. The minimum Gasteiger partial charge on any atom is -0.497 e. The van der Waals surface area contributed by atoms with E-state index in [0.29, 0.717) is 12.0 Å². The maximum absolute atomic E-state index is 11.6. The quantitative estimate of drug-likeness (QED) is 0.517. The van der Waals surface area contributed by atoms with Gasteiger partial charge < -0.3 is 4.74 Å². The van der Waals surface area contributed by atoms with Crippen LogP contribution in [0.5, 0.6) is 5.75 Å². The molecule has 0 spiro atoms. The fourth-order valence-electron chi connectivity index (χ4n) is 1.94. The van der Waals surface area contributed by atoms with Crippen LogP contribution < -0.4 is 4.74 Å². The number of rotatable bonds is 1. The van der Waals surface area contributed by atoms with Gasteiger partial charge in [-0.25, -0.2) is 0 Å². The third kappa shape index (κ3) is 1.80. The van der Waals surface area contributed by atoms with E-state index in [1.54, 1.807) is 7.11 Å². The fraction of sp³-hybridized carbons (Fsp3) is 0.308. The highest BCUT2D eigenvalue weighted by Crippen LogP contribution is 2.28. The van der Waals surface area contributed by atoms with E-state index in [0.717, 1.165) is 24.2 Å². The molecule has 1 aliphatic rings. The molecule has 0 bridgehead atoms. The average molecular weight is 202 g/mol. The van der Waals surface area contributed by atoms with E-state index >= 15 is 0 Å². The van der Waals surface area contributed by atoms with E-state index in [1.807, 2.05) is 18.2 Å². The Kier molecular flexibility index (Phi) is 2.58. The third-order valence-corrected chi connectivity index (χ3v) is 2.82. The van der Waals surface area contributed by atoms with Gasteiger partial charge in [0.15, 0.2) is 5.78 Å². The molecule has 1 aliphatic carbocycles. The third-order valence-electron chi connectivity index (χ3n) is 2.82. The van der Waals surface area contributed by atoms with Crippen molar-refractivity contribution in [3.05, 3.63) is 35.9 Å². The van der Waals surface area contributed by atoms with Crippen LogP contribution in [0.1, 0.15) is 24.0 Å². The smallest absolute Gasteiger partial charge is 0.162 e. The molecule has 2 rings (SSSR count). The number of ketones is 1. The zero-order valence-corrected chi connectivity index (χ0v) is 8.88. The van der Waals surface area contributed by atoms with Crippen LogP contribution in [0.2, 0.25) is 0 Å². The zero-order chi connectivity index (χ0) is 10.8. The Morgan fingerprint density at radius 1 is 1.33 bits per heavy atom. The van der Waals surface area contributed by atoms with Gasteiger partial charge in [-0.05, 0) is 36.1 Å². The molecule has 0 heterocycles. The van der Waals surface area contributed by atoms with Gasteiger partial charge in [0.25, 0.3) is 0 Å². The van der Waals surface area contributed by atoms with Gasteiger partial charge in [0.2, 0.25) is 0 Å². The molecule has 0 atom stereocenters. The summed E-state index contributed by atoms with van der Waals surface area (Å²) >= 11 is 0. The summed E-state index contributed by atoms with van der Waals surface area (Å²) in [6, 6.07) is 5.81. The van der Waals surface area contributed by atoms with E-state index in [-0.39, 0.29) is 5.78 Å². The molecule has 2 nitrogen and oxygen atoms in total. The van der Waals surface area contributed by atoms with Crippen LogP contribution in [0.25, 0.3) is 5.57 Å². The Bertz CT molecular complexity index is 419. The molecule has 0 saturated carbocycles. The number of ether oxygens (including phenoxy) is 1. The van der Waals surface area contributed by atoms with Crippen molar-refractivity contribution in [2.45, 2.75) is 19.3 Å². The lowest BCUT2D eigenvalue weighted by atomic mass is 9.99. The molecule has 15 heavy (non-hydrogen) atoms. The first-order chi connectivity index (χ1) is 7.22. The van der Waals surface area contributed by atoms with Gasteiger partial charge in [0.05, 0.1) is 7.11 Å². The predicted molar refractivity (Wildman–Crippen MR) is 60.0 cm³/mol. The summed E-state index contributed by atoms with van der Waals surface area (Å²) < 4.78 is 5.17. The molecule has 0 radical (unpaired) electrons. The highest BCUT2D eigenvalue weighted by atomic mass is 16.5. The molecule has 1 aromatic carbocycles. The lowest BCUT2D eigenvalue weighted by Gasteiger charge is -2.08. The summed E-state index contributed by atoms with van der Waals surface area (Å²) in [5.74, 6) is 1.01. The molecule has 0 aromatic heterocycles. The van der Waals surface area contributed by atoms with Gasteiger partial charge in [-0.2, -0.15) is 0 Å². The van der Waals surface area contributed by atoms with Crippen LogP contribution in [0, 0.1) is 0 Å². The normalized spacial score (nSPS) is 15.8. The Morgan fingerprint density at radius 2 is 2.13 bits per heavy atom. The van der Waals surface area contributed by atoms with E-state index < -0.39 is 0 Å². The van der Waals surface area contributed by atoms with Gasteiger partial charge in [0, 0.05) is 12.0 Å². The molecule has 0 unspecified atom stereocenters. The van der Waals surface area contributed by atoms with Gasteiger partial charge >= 0.3 is 0 Å². The molecular weight excluding hydrogens is 188 g/mol. The first kappa shape index (κ1) is 9.97. The second-order valence-corrected chi connectivity index (χ2v) is 3.78. The number of hydrogen-bond acceptors (Lipinski definition) is 2. The number of hydrogen-bond donors (Lipinski definition) is 0. The molecule has 0 aliphatic heterocycles. The van der Waals surface area contributed by atoms with Crippen LogP contribution in [-0.2, 0) is 11.2 Å². The number of carbonyl (C=O) groups excluding carboxylic acids is 1. The van der Waals surface area contributed by atoms with Crippen molar-refractivity contribution in [1.29, 1.82) is 0 Å². The Morgan fingerprint density at radius 3 is 2.87 bits per heavy atom. The van der Waals surface area contributed by atoms with Gasteiger partial charge in [0.1, 0.15) is 5.75 Å². The average Bonchev–Trinajstić information content (AvgIpc) is 2.40. The molecule has 78 valence electrons. The fourth-order valence-corrected chi connectivity index (χ4v) is 1.94. The van der Waals surface area contributed by atoms with Gasteiger partial charge in [-0.3, -0.25) is 4.79 Å². The molecule has 1 aromatic rings. The van der Waals surface area contributed by atoms with E-state index in [4.69, 9.17) is 4.74 Å². The summed E-state index contributed by atoms with van der Waals surface area (Å²) in [6.07, 6.45) is 2.44. The van der Waals surface area contributed by atoms with Crippen LogP contribution in [-0.4, -0.2) is 12.9 Å². The Hall–Kier alpha value is -1.57. The summed E-state index contributed by atoms with van der Waals surface area (Å²) in [5.41, 5.74) is 2.80. The van der Waals surface area contributed by atoms with Crippen LogP contribution in [0.4, 0.5) is 0 Å². The first-order valence-electron chi connectivity index (χ1n) is 5.12. The second-order valence-electron chi connectivity index (χ2n) is 3.78. The Labute approximate surface area is 89.6 Å². The summed E-state index contributed by atoms with van der Waals surface area (Å²) in [4.78, 5) is 11.6. The lowest BCUT2D eigenvalue weighted by molar-refractivity contribution is -0.113. The standard InChI is InChI=1S/C13H14O2/c1-9-12-7-6-11(15-2)8-10(12)4-3-5-13(9)14/h6-8H,1,3-5H2,2H3. The van der Waals surface area contributed by atoms with Crippen molar-refractivity contribution >= 4 is 11.4 Å². The maximum Gasteiger partial charge on any atom is 0.162 e. The minimum absolute atomic E-state index is 0.166. The topological polar surface area (TPSA) is 26.3 Å². The number of allylic oxidation sites excluding steroid dienone is 1. The SMILES string of the molecule is C=C1C(=O)CCCc2cc(OC)ccc21. The number of methoxy groups -OCH3 is 1. The van der Waals surface area contributed by atoms with E-state index in [9.17, 15) is 4.79 Å². The lowest BCUT2D eigenvalue weighted by Crippen LogP contribution is -1.98. The molecule has 0 saturated heterocycles. The van der Waals surface area contributed by atoms with E-state index in [1.165, 1.54) is 5.56 Å². The van der Waals surface area contributed by atoms with Gasteiger partial charge in [-0.15, -0.1) is 0 Å². The largest absolute Gasteiger partial charge is 0.497 e. The molecule has 0 N–H and O–H groups in total. The van der Waals surface area contributed by atoms with Crippen molar-refractivity contribution in [3.63, 3.8) is 0 Å². The number of Topliss-reactive ketones (excluding diaryl/α,β-unsaturated/α-hetero) is 1. The van der Waals surface area contributed by atoms with Crippen molar-refractivity contribution in [1.82, 2.24) is 0 Å². The zero-order valence-electron chi connectivity index (χ0n) is 8.88. The number of benzene rings is 1. The maximum atomic E-state index is 11.6. The first-order valence-corrected chi connectivity index (χ1v) is 5.12. The highest BCUT2D eigenvalue weighted by Gasteiger charge is 2.17. The second kappa shape index (κ2) is 3.89. The van der Waals surface area contributed by atoms with Crippen LogP contribution in [0.15, 0.2) is 24.8 Å². The number of fused-ring (bicyclic) bond motifs is 1. The van der Waals surface area contributed by atoms with E-state index in [2.05, 4.69) is 6.58 Å². The summed E-state index contributed by atoms with van der Waals surface area (Å²) in [6.45, 7) is 3.86. The van der Waals surface area contributed by atoms with Gasteiger partial charge in [-0.1, -0.05) is 12.6 Å². The highest BCUT2D eigenvalue weighted by molar-refractivity contribution is 6.20. The molecule has 2 heteroatoms. The van der Waals surface area contributed by atoms with Crippen LogP contribution >= 0.6 is 0 Å². The summed E-state index contributed by atoms with van der Waals surface area (Å²) in [7, 11) is 1.65. The Balaban J connectivity index is 2.48. The van der Waals surface area contributed by atoms with Crippen LogP contribution in [0.3, 0.4) is 0 Å². The molecule has 0 fully saturated rings. The van der Waals surface area contributed by atoms with Crippen molar-refractivity contribution in [3.8, 4) is 5.75 Å².